The van der Waals surface area contributed by atoms with Crippen molar-refractivity contribution < 1.29 is 19.2 Å². The molecule has 0 spiro atoms. The summed E-state index contributed by atoms with van der Waals surface area (Å²) >= 11 is 0. The molecule has 9 nitrogen and oxygen atoms in total. The second kappa shape index (κ2) is 6.95. The minimum atomic E-state index is -1.07. The molecule has 2 unspecified atom stereocenters. The Labute approximate surface area is 135 Å². The number of carbonyl (C=O) groups excluding carboxylic acids is 1. The number of carbonyl (C=O) groups is 2. The van der Waals surface area contributed by atoms with Crippen LogP contribution in [0.4, 0.5) is 4.79 Å². The number of aromatic nitrogens is 2. The predicted octanol–water partition coefficient (Wildman–Crippen LogP) is 1.04. The lowest BCUT2D eigenvalue weighted by molar-refractivity contribution is -0.141. The number of nitrogens with one attached hydrogen (secondary N) is 1. The Morgan fingerprint density at radius 2 is 1.83 bits per heavy atom. The van der Waals surface area contributed by atoms with Crippen LogP contribution in [0, 0.1) is 0 Å². The average Bonchev–Trinajstić information content (AvgIpc) is 3.01. The Balaban J connectivity index is 2.90. The van der Waals surface area contributed by atoms with Crippen LogP contribution in [0.15, 0.2) is 4.52 Å². The molecule has 2 atom stereocenters. The van der Waals surface area contributed by atoms with Gasteiger partial charge in [-0.1, -0.05) is 5.16 Å². The average molecular weight is 327 g/mol. The maximum Gasteiger partial charge on any atom is 0.326 e. The second-order valence-electron chi connectivity index (χ2n) is 6.03. The highest BCUT2D eigenvalue weighted by Gasteiger charge is 2.31. The SMILES string of the molecule is CNC(C)(C)c1noc(C(C)N(C)C(=O)N(C)C(C)C(=O)O)n1. The molecule has 0 aliphatic heterocycles. The third-order valence-corrected chi connectivity index (χ3v) is 4.11. The summed E-state index contributed by atoms with van der Waals surface area (Å²) in [4.78, 5) is 30.2. The maximum atomic E-state index is 12.3. The normalized spacial score (nSPS) is 14.2. The second-order valence-corrected chi connectivity index (χ2v) is 6.03. The number of amides is 2. The Morgan fingerprint density at radius 3 is 2.30 bits per heavy atom. The molecule has 0 fully saturated rings. The molecular weight excluding hydrogens is 302 g/mol. The van der Waals surface area contributed by atoms with Gasteiger partial charge >= 0.3 is 12.0 Å². The summed E-state index contributed by atoms with van der Waals surface area (Å²) in [7, 11) is 4.79. The van der Waals surface area contributed by atoms with Crippen LogP contribution >= 0.6 is 0 Å². The predicted molar refractivity (Wildman–Crippen MR) is 82.8 cm³/mol. The Bertz CT molecular complexity index is 571. The molecule has 130 valence electrons. The summed E-state index contributed by atoms with van der Waals surface area (Å²) in [5.41, 5.74) is -0.460. The monoisotopic (exact) mass is 327 g/mol. The van der Waals surface area contributed by atoms with E-state index < -0.39 is 29.6 Å². The summed E-state index contributed by atoms with van der Waals surface area (Å²) in [6, 6.07) is -1.86. The van der Waals surface area contributed by atoms with Crippen molar-refractivity contribution in [3.63, 3.8) is 0 Å². The fourth-order valence-electron chi connectivity index (χ4n) is 1.68. The zero-order chi connectivity index (χ0) is 17.9. The lowest BCUT2D eigenvalue weighted by Gasteiger charge is -2.30. The highest BCUT2D eigenvalue weighted by atomic mass is 16.5. The van der Waals surface area contributed by atoms with Crippen LogP contribution in [0.25, 0.3) is 0 Å². The standard InChI is InChI=1S/C14H25N5O4/c1-8(10-16-12(17-23-10)14(3,4)15-5)18(6)13(22)19(7)9(2)11(20)21/h8-9,15H,1-7H3,(H,20,21). The number of likely N-dealkylation sites (N-methyl/N-ethyl adjacent to an activating group) is 1. The first-order chi connectivity index (χ1) is 10.5. The van der Waals surface area contributed by atoms with Crippen molar-refractivity contribution >= 4 is 12.0 Å². The van der Waals surface area contributed by atoms with Gasteiger partial charge in [-0.25, -0.2) is 9.59 Å². The molecular formula is C14H25N5O4. The van der Waals surface area contributed by atoms with Gasteiger partial charge in [-0.15, -0.1) is 0 Å². The molecule has 0 aromatic carbocycles. The highest BCUT2D eigenvalue weighted by Crippen LogP contribution is 2.22. The van der Waals surface area contributed by atoms with Crippen molar-refractivity contribution in [2.24, 2.45) is 0 Å². The van der Waals surface area contributed by atoms with E-state index in [1.54, 1.807) is 21.0 Å². The number of urea groups is 1. The number of carboxylic acid groups (broad SMARTS) is 1. The van der Waals surface area contributed by atoms with Crippen LogP contribution in [0.3, 0.4) is 0 Å². The van der Waals surface area contributed by atoms with Gasteiger partial charge in [0.1, 0.15) is 12.1 Å². The van der Waals surface area contributed by atoms with Gasteiger partial charge < -0.3 is 24.7 Å². The van der Waals surface area contributed by atoms with Crippen LogP contribution in [0.5, 0.6) is 0 Å². The van der Waals surface area contributed by atoms with Gasteiger partial charge in [-0.05, 0) is 34.7 Å². The lowest BCUT2D eigenvalue weighted by Crippen LogP contribution is -2.47. The van der Waals surface area contributed by atoms with E-state index in [1.807, 2.05) is 13.8 Å². The number of hydrogen-bond acceptors (Lipinski definition) is 6. The maximum absolute atomic E-state index is 12.3. The van der Waals surface area contributed by atoms with Crippen LogP contribution in [0.1, 0.15) is 45.5 Å². The van der Waals surface area contributed by atoms with Crippen molar-refractivity contribution in [3.05, 3.63) is 11.7 Å². The first kappa shape index (κ1) is 18.9. The molecule has 0 saturated heterocycles. The molecule has 0 aliphatic rings. The van der Waals surface area contributed by atoms with Gasteiger partial charge in [0, 0.05) is 14.1 Å². The van der Waals surface area contributed by atoms with Crippen molar-refractivity contribution in [2.75, 3.05) is 21.1 Å². The Kier molecular flexibility index (Phi) is 5.70. The van der Waals surface area contributed by atoms with Gasteiger partial charge in [-0.2, -0.15) is 4.98 Å². The van der Waals surface area contributed by atoms with Crippen LogP contribution in [-0.2, 0) is 10.3 Å². The quantitative estimate of drug-likeness (QED) is 0.803. The van der Waals surface area contributed by atoms with E-state index in [2.05, 4.69) is 15.5 Å². The van der Waals surface area contributed by atoms with E-state index in [-0.39, 0.29) is 5.89 Å². The number of aliphatic carboxylic acids is 1. The van der Waals surface area contributed by atoms with Gasteiger partial charge in [0.2, 0.25) is 5.89 Å². The van der Waals surface area contributed by atoms with Crippen molar-refractivity contribution in [1.29, 1.82) is 0 Å². The largest absolute Gasteiger partial charge is 0.480 e. The van der Waals surface area contributed by atoms with Gasteiger partial charge in [0.05, 0.1) is 5.54 Å². The highest BCUT2D eigenvalue weighted by molar-refractivity contribution is 5.82. The zero-order valence-electron chi connectivity index (χ0n) is 14.6. The third-order valence-electron chi connectivity index (χ3n) is 4.11. The molecule has 1 heterocycles. The molecule has 0 saturated carbocycles. The molecule has 2 amide bonds. The van der Waals surface area contributed by atoms with Crippen molar-refractivity contribution in [3.8, 4) is 0 Å². The van der Waals surface area contributed by atoms with Crippen LogP contribution < -0.4 is 5.32 Å². The van der Waals surface area contributed by atoms with Gasteiger partial charge in [0.25, 0.3) is 0 Å². The summed E-state index contributed by atoms with van der Waals surface area (Å²) in [5, 5.41) is 16.0. The summed E-state index contributed by atoms with van der Waals surface area (Å²) < 4.78 is 5.24. The van der Waals surface area contributed by atoms with E-state index in [0.717, 1.165) is 4.90 Å². The van der Waals surface area contributed by atoms with Gasteiger partial charge in [-0.3, -0.25) is 0 Å². The molecule has 1 aromatic rings. The first-order valence-corrected chi connectivity index (χ1v) is 7.28. The third kappa shape index (κ3) is 3.98. The molecule has 9 heteroatoms. The van der Waals surface area contributed by atoms with E-state index in [4.69, 9.17) is 9.63 Å². The molecule has 1 rings (SSSR count). The zero-order valence-corrected chi connectivity index (χ0v) is 14.6. The molecule has 0 bridgehead atoms. The first-order valence-electron chi connectivity index (χ1n) is 7.28. The minimum Gasteiger partial charge on any atom is -0.480 e. The molecule has 0 radical (unpaired) electrons. The van der Waals surface area contributed by atoms with E-state index in [1.165, 1.54) is 18.9 Å². The summed E-state index contributed by atoms with van der Waals surface area (Å²) in [6.45, 7) is 6.99. The molecule has 0 aliphatic carbocycles. The van der Waals surface area contributed by atoms with E-state index in [9.17, 15) is 9.59 Å². The van der Waals surface area contributed by atoms with E-state index >= 15 is 0 Å². The lowest BCUT2D eigenvalue weighted by atomic mass is 10.1. The fourth-order valence-corrected chi connectivity index (χ4v) is 1.68. The number of nitrogens with zero attached hydrogens (tertiary/aromatic N) is 4. The molecule has 23 heavy (non-hydrogen) atoms. The fraction of sp³-hybridized carbons (Fsp3) is 0.714. The van der Waals surface area contributed by atoms with Crippen LogP contribution in [0.2, 0.25) is 0 Å². The van der Waals surface area contributed by atoms with Crippen molar-refractivity contribution in [1.82, 2.24) is 25.3 Å². The minimum absolute atomic E-state index is 0.288. The van der Waals surface area contributed by atoms with Crippen LogP contribution in [-0.4, -0.2) is 64.2 Å². The Hall–Kier alpha value is -2.16. The summed E-state index contributed by atoms with van der Waals surface area (Å²) in [5.74, 6) is -0.303. The Morgan fingerprint density at radius 1 is 1.26 bits per heavy atom. The topological polar surface area (TPSA) is 112 Å². The number of carboxylic acids is 1. The van der Waals surface area contributed by atoms with E-state index in [0.29, 0.717) is 5.82 Å². The number of hydrogen-bond donors (Lipinski definition) is 2. The smallest absolute Gasteiger partial charge is 0.326 e. The number of rotatable bonds is 6. The van der Waals surface area contributed by atoms with Crippen molar-refractivity contribution in [2.45, 2.75) is 45.3 Å². The van der Waals surface area contributed by atoms with Gasteiger partial charge in [0.15, 0.2) is 5.82 Å². The summed E-state index contributed by atoms with van der Waals surface area (Å²) in [6.07, 6.45) is 0. The molecule has 2 N–H and O–H groups in total. The molecule has 1 aromatic heterocycles.